The van der Waals surface area contributed by atoms with Gasteiger partial charge in [-0.25, -0.2) is 4.79 Å². The van der Waals surface area contributed by atoms with Gasteiger partial charge >= 0.3 is 5.97 Å². The number of nitrogens with one attached hydrogen (secondary N) is 2. The quantitative estimate of drug-likeness (QED) is 0.547. The average molecular weight is 445 g/mol. The zero-order chi connectivity index (χ0) is 20.1. The molecule has 3 aromatic rings. The first kappa shape index (κ1) is 19.9. The second-order valence-electron chi connectivity index (χ2n) is 6.38. The van der Waals surface area contributed by atoms with Gasteiger partial charge in [-0.3, -0.25) is 9.48 Å². The number of esters is 1. The van der Waals surface area contributed by atoms with E-state index in [0.717, 1.165) is 27.0 Å². The van der Waals surface area contributed by atoms with E-state index in [4.69, 9.17) is 4.74 Å². The van der Waals surface area contributed by atoms with E-state index >= 15 is 0 Å². The van der Waals surface area contributed by atoms with Crippen LogP contribution in [0.4, 0.5) is 0 Å². The van der Waals surface area contributed by atoms with Gasteiger partial charge in [0.25, 0.3) is 5.91 Å². The summed E-state index contributed by atoms with van der Waals surface area (Å²) in [6.07, 6.45) is 1.62. The van der Waals surface area contributed by atoms with Gasteiger partial charge in [0.05, 0.1) is 12.2 Å². The molecule has 0 aliphatic heterocycles. The van der Waals surface area contributed by atoms with E-state index in [1.165, 1.54) is 0 Å². The number of hydrogen-bond acceptors (Lipinski definition) is 4. The van der Waals surface area contributed by atoms with Crippen molar-refractivity contribution in [1.82, 2.24) is 20.1 Å². The summed E-state index contributed by atoms with van der Waals surface area (Å²) in [6.45, 7) is 4.56. The molecule has 0 spiro atoms. The molecular formula is C20H21BrN4O3. The van der Waals surface area contributed by atoms with E-state index in [1.54, 1.807) is 12.3 Å². The van der Waals surface area contributed by atoms with Gasteiger partial charge < -0.3 is 15.0 Å². The topological polar surface area (TPSA) is 89.0 Å². The van der Waals surface area contributed by atoms with Gasteiger partial charge in [0.1, 0.15) is 5.69 Å². The largest absolute Gasteiger partial charge is 0.451 e. The fourth-order valence-electron chi connectivity index (χ4n) is 2.83. The Kier molecular flexibility index (Phi) is 6.30. The van der Waals surface area contributed by atoms with Crippen LogP contribution in [0.2, 0.25) is 0 Å². The molecule has 8 heteroatoms. The van der Waals surface area contributed by atoms with Crippen molar-refractivity contribution in [2.24, 2.45) is 0 Å². The molecule has 3 rings (SSSR count). The molecule has 28 heavy (non-hydrogen) atoms. The molecular weight excluding hydrogens is 424 g/mol. The number of carbonyl (C=O) groups is 2. The highest BCUT2D eigenvalue weighted by atomic mass is 79.9. The van der Waals surface area contributed by atoms with E-state index < -0.39 is 5.97 Å². The lowest BCUT2D eigenvalue weighted by atomic mass is 10.2. The molecule has 1 amide bonds. The minimum absolute atomic E-state index is 0.286. The highest BCUT2D eigenvalue weighted by Gasteiger charge is 2.15. The predicted molar refractivity (Wildman–Crippen MR) is 108 cm³/mol. The van der Waals surface area contributed by atoms with E-state index in [1.807, 2.05) is 36.7 Å². The Hall–Kier alpha value is -2.87. The fourth-order valence-corrected chi connectivity index (χ4v) is 3.18. The normalized spacial score (nSPS) is 10.7. The summed E-state index contributed by atoms with van der Waals surface area (Å²) in [5, 5.41) is 7.35. The molecule has 0 bridgehead atoms. The molecule has 7 nitrogen and oxygen atoms in total. The number of H-pyrrole nitrogens is 1. The second-order valence-corrected chi connectivity index (χ2v) is 7.29. The van der Waals surface area contributed by atoms with Crippen molar-refractivity contribution in [3.8, 4) is 0 Å². The average Bonchev–Trinajstić information content (AvgIpc) is 3.23. The summed E-state index contributed by atoms with van der Waals surface area (Å²) in [5.74, 6) is -0.947. The number of aromatic amines is 1. The molecule has 2 aromatic heterocycles. The Morgan fingerprint density at radius 1 is 1.25 bits per heavy atom. The molecule has 2 heterocycles. The van der Waals surface area contributed by atoms with E-state index in [9.17, 15) is 9.59 Å². The summed E-state index contributed by atoms with van der Waals surface area (Å²) in [7, 11) is 0. The summed E-state index contributed by atoms with van der Waals surface area (Å²) in [5.41, 5.74) is 4.26. The summed E-state index contributed by atoms with van der Waals surface area (Å²) >= 11 is 3.24. The molecule has 0 saturated carbocycles. The number of aryl methyl sites for hydroxylation is 1. The number of aromatic nitrogens is 3. The van der Waals surface area contributed by atoms with Crippen LogP contribution in [0.15, 0.2) is 47.1 Å². The molecule has 0 fully saturated rings. The maximum absolute atomic E-state index is 12.0. The number of hydrogen-bond donors (Lipinski definition) is 2. The first-order valence-corrected chi connectivity index (χ1v) is 9.58. The maximum atomic E-state index is 12.0. The number of ether oxygens (including phenoxy) is 1. The van der Waals surface area contributed by atoms with Crippen molar-refractivity contribution in [1.29, 1.82) is 0 Å². The highest BCUT2D eigenvalue weighted by Crippen LogP contribution is 2.15. The van der Waals surface area contributed by atoms with Crippen molar-refractivity contribution in [3.63, 3.8) is 0 Å². The molecule has 146 valence electrons. The van der Waals surface area contributed by atoms with Crippen LogP contribution in [0.3, 0.4) is 0 Å². The van der Waals surface area contributed by atoms with Gasteiger partial charge in [0.15, 0.2) is 6.61 Å². The van der Waals surface area contributed by atoms with Gasteiger partial charge in [-0.15, -0.1) is 0 Å². The first-order valence-electron chi connectivity index (χ1n) is 8.78. The Morgan fingerprint density at radius 2 is 2.00 bits per heavy atom. The van der Waals surface area contributed by atoms with Crippen molar-refractivity contribution in [2.75, 3.05) is 6.61 Å². The molecule has 0 unspecified atom stereocenters. The summed E-state index contributed by atoms with van der Waals surface area (Å²) in [6, 6.07) is 11.7. The van der Waals surface area contributed by atoms with Gasteiger partial charge in [0, 0.05) is 28.5 Å². The number of rotatable bonds is 7. The maximum Gasteiger partial charge on any atom is 0.355 e. The number of amides is 1. The van der Waals surface area contributed by atoms with Crippen LogP contribution in [0.5, 0.6) is 0 Å². The van der Waals surface area contributed by atoms with Crippen LogP contribution < -0.4 is 5.32 Å². The third-order valence-corrected chi connectivity index (χ3v) is 4.83. The Balaban J connectivity index is 1.54. The van der Waals surface area contributed by atoms with E-state index in [2.05, 4.69) is 43.5 Å². The molecule has 0 atom stereocenters. The Morgan fingerprint density at radius 3 is 2.68 bits per heavy atom. The van der Waals surface area contributed by atoms with E-state index in [-0.39, 0.29) is 18.2 Å². The van der Waals surface area contributed by atoms with Crippen molar-refractivity contribution in [3.05, 3.63) is 75.3 Å². The monoisotopic (exact) mass is 444 g/mol. The molecule has 2 N–H and O–H groups in total. The fraction of sp³-hybridized carbons (Fsp3) is 0.250. The smallest absolute Gasteiger partial charge is 0.355 e. The number of carbonyl (C=O) groups excluding carboxylic acids is 2. The lowest BCUT2D eigenvalue weighted by Crippen LogP contribution is -2.28. The van der Waals surface area contributed by atoms with Crippen LogP contribution in [0.25, 0.3) is 0 Å². The summed E-state index contributed by atoms with van der Waals surface area (Å²) < 4.78 is 7.68. The molecule has 0 radical (unpaired) electrons. The number of benzene rings is 1. The van der Waals surface area contributed by atoms with Crippen LogP contribution in [-0.4, -0.2) is 33.2 Å². The SMILES string of the molecule is Cc1nn(Cc2ccccc2)c(C)c1CNC(=O)COC(=O)c1cc(Br)c[nH]1. The van der Waals surface area contributed by atoms with Crippen LogP contribution in [0, 0.1) is 13.8 Å². The molecule has 0 aliphatic carbocycles. The predicted octanol–water partition coefficient (Wildman–Crippen LogP) is 3.11. The number of halogens is 1. The van der Waals surface area contributed by atoms with Gasteiger partial charge in [-0.1, -0.05) is 30.3 Å². The van der Waals surface area contributed by atoms with Gasteiger partial charge in [-0.05, 0) is 41.4 Å². The standard InChI is InChI=1S/C20H21BrN4O3/c1-13-17(14(2)25(24-13)11-15-6-4-3-5-7-15)10-23-19(26)12-28-20(27)18-8-16(21)9-22-18/h3-9,22H,10-12H2,1-2H3,(H,23,26). The van der Waals surface area contributed by atoms with Crippen molar-refractivity contribution >= 4 is 27.8 Å². The van der Waals surface area contributed by atoms with E-state index in [0.29, 0.717) is 13.1 Å². The van der Waals surface area contributed by atoms with Crippen molar-refractivity contribution < 1.29 is 14.3 Å². The van der Waals surface area contributed by atoms with Gasteiger partial charge in [0.2, 0.25) is 0 Å². The zero-order valence-electron chi connectivity index (χ0n) is 15.7. The lowest BCUT2D eigenvalue weighted by molar-refractivity contribution is -0.124. The van der Waals surface area contributed by atoms with Crippen LogP contribution in [0.1, 0.15) is 33.0 Å². The third kappa shape index (κ3) is 4.89. The second kappa shape index (κ2) is 8.88. The molecule has 0 saturated heterocycles. The van der Waals surface area contributed by atoms with Crippen molar-refractivity contribution in [2.45, 2.75) is 26.9 Å². The molecule has 1 aromatic carbocycles. The summed E-state index contributed by atoms with van der Waals surface area (Å²) in [4.78, 5) is 26.7. The highest BCUT2D eigenvalue weighted by molar-refractivity contribution is 9.10. The Labute approximate surface area is 171 Å². The van der Waals surface area contributed by atoms with Gasteiger partial charge in [-0.2, -0.15) is 5.10 Å². The van der Waals surface area contributed by atoms with Crippen LogP contribution in [-0.2, 0) is 22.6 Å². The zero-order valence-corrected chi connectivity index (χ0v) is 17.2. The Bertz CT molecular complexity index is 979. The minimum Gasteiger partial charge on any atom is -0.451 e. The number of nitrogens with zero attached hydrogens (tertiary/aromatic N) is 2. The molecule has 0 aliphatic rings. The third-order valence-electron chi connectivity index (χ3n) is 4.37. The van der Waals surface area contributed by atoms with Crippen LogP contribution >= 0.6 is 15.9 Å². The minimum atomic E-state index is -0.580. The first-order chi connectivity index (χ1) is 13.4. The lowest BCUT2D eigenvalue weighted by Gasteiger charge is -2.08.